The number of aryl methyl sites for hydroxylation is 1. The first-order valence-corrected chi connectivity index (χ1v) is 9.47. The van der Waals surface area contributed by atoms with Gasteiger partial charge in [0.2, 0.25) is 15.9 Å². The van der Waals surface area contributed by atoms with E-state index in [0.29, 0.717) is 6.42 Å². The lowest BCUT2D eigenvalue weighted by Gasteiger charge is -2.18. The van der Waals surface area contributed by atoms with Crippen LogP contribution in [-0.4, -0.2) is 36.9 Å². The Balaban J connectivity index is 1.73. The third-order valence-electron chi connectivity index (χ3n) is 4.21. The van der Waals surface area contributed by atoms with Gasteiger partial charge in [0.05, 0.1) is 17.0 Å². The molecule has 2 heterocycles. The summed E-state index contributed by atoms with van der Waals surface area (Å²) in [7, 11) is -3.86. The van der Waals surface area contributed by atoms with Gasteiger partial charge in [-0.1, -0.05) is 0 Å². The minimum atomic E-state index is -4.52. The molecule has 0 spiro atoms. The largest absolute Gasteiger partial charge is 0.473 e. The second-order valence-electron chi connectivity index (χ2n) is 6.18. The lowest BCUT2D eigenvalue weighted by atomic mass is 10.2. The summed E-state index contributed by atoms with van der Waals surface area (Å²) in [6.45, 7) is 1.60. The summed E-state index contributed by atoms with van der Waals surface area (Å²) < 4.78 is 83.6. The lowest BCUT2D eigenvalue weighted by Crippen LogP contribution is -2.31. The van der Waals surface area contributed by atoms with Crippen LogP contribution in [0, 0.1) is 12.7 Å². The Labute approximate surface area is 153 Å². The predicted molar refractivity (Wildman–Crippen MR) is 88.2 cm³/mol. The van der Waals surface area contributed by atoms with Crippen molar-refractivity contribution in [3.8, 4) is 5.88 Å². The fourth-order valence-corrected chi connectivity index (χ4v) is 4.57. The number of rotatable bonds is 4. The zero-order valence-electron chi connectivity index (χ0n) is 14.2. The first kappa shape index (κ1) is 19.6. The molecule has 1 aliphatic heterocycles. The molecule has 27 heavy (non-hydrogen) atoms. The highest BCUT2D eigenvalue weighted by atomic mass is 32.2. The van der Waals surface area contributed by atoms with Gasteiger partial charge in [-0.2, -0.15) is 17.5 Å². The minimum absolute atomic E-state index is 0.0123. The Morgan fingerprint density at radius 2 is 1.96 bits per heavy atom. The maximum Gasteiger partial charge on any atom is 0.416 e. The SMILES string of the molecule is Cc1cc(F)ccc1S(=O)(=O)N1CC[C@@H](Oc2cc(C(F)(F)F)ccn2)C1. The number of hydrogen-bond acceptors (Lipinski definition) is 4. The van der Waals surface area contributed by atoms with Crippen molar-refractivity contribution in [2.24, 2.45) is 0 Å². The maximum atomic E-state index is 13.2. The molecule has 0 saturated carbocycles. The van der Waals surface area contributed by atoms with Gasteiger partial charge in [0.25, 0.3) is 0 Å². The topological polar surface area (TPSA) is 59.5 Å². The summed E-state index contributed by atoms with van der Waals surface area (Å²) in [5, 5.41) is 0. The summed E-state index contributed by atoms with van der Waals surface area (Å²) >= 11 is 0. The van der Waals surface area contributed by atoms with Crippen molar-refractivity contribution in [3.05, 3.63) is 53.5 Å². The van der Waals surface area contributed by atoms with Crippen LogP contribution >= 0.6 is 0 Å². The van der Waals surface area contributed by atoms with Crippen LogP contribution in [0.25, 0.3) is 0 Å². The Morgan fingerprint density at radius 3 is 2.63 bits per heavy atom. The number of halogens is 4. The van der Waals surface area contributed by atoms with Crippen LogP contribution in [0.1, 0.15) is 17.5 Å². The Hall–Kier alpha value is -2.20. The van der Waals surface area contributed by atoms with Gasteiger partial charge >= 0.3 is 6.18 Å². The monoisotopic (exact) mass is 404 g/mol. The number of benzene rings is 1. The van der Waals surface area contributed by atoms with Gasteiger partial charge in [0.1, 0.15) is 11.9 Å². The molecule has 10 heteroatoms. The van der Waals surface area contributed by atoms with E-state index in [0.717, 1.165) is 30.5 Å². The van der Waals surface area contributed by atoms with Crippen LogP contribution in [0.3, 0.4) is 0 Å². The van der Waals surface area contributed by atoms with E-state index in [1.165, 1.54) is 17.3 Å². The molecule has 2 aromatic rings. The molecule has 0 radical (unpaired) electrons. The molecule has 3 rings (SSSR count). The van der Waals surface area contributed by atoms with Crippen molar-refractivity contribution in [1.29, 1.82) is 0 Å². The van der Waals surface area contributed by atoms with E-state index in [1.54, 1.807) is 0 Å². The van der Waals surface area contributed by atoms with Gasteiger partial charge in [-0.25, -0.2) is 17.8 Å². The van der Waals surface area contributed by atoms with Gasteiger partial charge in [0.15, 0.2) is 0 Å². The molecule has 0 bridgehead atoms. The van der Waals surface area contributed by atoms with Crippen LogP contribution in [0.15, 0.2) is 41.4 Å². The fourth-order valence-electron chi connectivity index (χ4n) is 2.87. The fraction of sp³-hybridized carbons (Fsp3) is 0.353. The predicted octanol–water partition coefficient (Wildman–Crippen LogP) is 3.39. The number of sulfonamides is 1. The number of hydrogen-bond donors (Lipinski definition) is 0. The van der Waals surface area contributed by atoms with Gasteiger partial charge in [-0.3, -0.25) is 0 Å². The highest BCUT2D eigenvalue weighted by Crippen LogP contribution is 2.31. The highest BCUT2D eigenvalue weighted by Gasteiger charge is 2.35. The van der Waals surface area contributed by atoms with Crippen molar-refractivity contribution in [2.75, 3.05) is 13.1 Å². The zero-order chi connectivity index (χ0) is 19.8. The highest BCUT2D eigenvalue weighted by molar-refractivity contribution is 7.89. The van der Waals surface area contributed by atoms with E-state index in [9.17, 15) is 26.0 Å². The molecule has 1 aromatic carbocycles. The molecule has 1 aromatic heterocycles. The number of nitrogens with zero attached hydrogens (tertiary/aromatic N) is 2. The van der Waals surface area contributed by atoms with E-state index in [2.05, 4.69) is 4.98 Å². The normalized spacial score (nSPS) is 18.6. The molecule has 1 atom stereocenters. The smallest absolute Gasteiger partial charge is 0.416 e. The number of alkyl halides is 3. The molecule has 0 amide bonds. The third kappa shape index (κ3) is 4.22. The standard InChI is InChI=1S/C17H16F4N2O3S/c1-11-8-13(18)2-3-15(11)27(24,25)23-7-5-14(10-23)26-16-9-12(4-6-22-16)17(19,20)21/h2-4,6,8-9,14H,5,7,10H2,1H3/t14-/m1/s1. The van der Waals surface area contributed by atoms with Crippen molar-refractivity contribution in [3.63, 3.8) is 0 Å². The van der Waals surface area contributed by atoms with Crippen LogP contribution in [0.2, 0.25) is 0 Å². The summed E-state index contributed by atoms with van der Waals surface area (Å²) in [6, 6.07) is 5.00. The molecule has 0 unspecified atom stereocenters. The Morgan fingerprint density at radius 1 is 1.22 bits per heavy atom. The molecule has 1 fully saturated rings. The van der Waals surface area contributed by atoms with Crippen LogP contribution in [0.5, 0.6) is 5.88 Å². The summed E-state index contributed by atoms with van der Waals surface area (Å²) in [5.74, 6) is -0.753. The van der Waals surface area contributed by atoms with E-state index < -0.39 is 33.7 Å². The second kappa shape index (κ2) is 7.08. The quantitative estimate of drug-likeness (QED) is 0.733. The summed E-state index contributed by atoms with van der Waals surface area (Å²) in [6.07, 6.45) is -3.86. The first-order valence-electron chi connectivity index (χ1n) is 8.03. The molecular weight excluding hydrogens is 388 g/mol. The second-order valence-corrected chi connectivity index (χ2v) is 8.09. The maximum absolute atomic E-state index is 13.2. The average Bonchev–Trinajstić information content (AvgIpc) is 3.03. The number of pyridine rings is 1. The number of aromatic nitrogens is 1. The van der Waals surface area contributed by atoms with Crippen LogP contribution in [-0.2, 0) is 16.2 Å². The summed E-state index contributed by atoms with van der Waals surface area (Å²) in [5.41, 5.74) is -0.615. The molecule has 5 nitrogen and oxygen atoms in total. The van der Waals surface area contributed by atoms with Crippen molar-refractivity contribution in [1.82, 2.24) is 9.29 Å². The van der Waals surface area contributed by atoms with Crippen molar-refractivity contribution in [2.45, 2.75) is 30.5 Å². The molecule has 1 saturated heterocycles. The zero-order valence-corrected chi connectivity index (χ0v) is 15.0. The average molecular weight is 404 g/mol. The number of ether oxygens (including phenoxy) is 1. The van der Waals surface area contributed by atoms with Crippen molar-refractivity contribution < 1.29 is 30.7 Å². The van der Waals surface area contributed by atoms with E-state index in [1.807, 2.05) is 0 Å². The van der Waals surface area contributed by atoms with Crippen LogP contribution < -0.4 is 4.74 Å². The van der Waals surface area contributed by atoms with E-state index in [4.69, 9.17) is 4.74 Å². The first-order chi connectivity index (χ1) is 12.6. The van der Waals surface area contributed by atoms with Gasteiger partial charge in [0, 0.05) is 18.8 Å². The van der Waals surface area contributed by atoms with Crippen LogP contribution in [0.4, 0.5) is 17.6 Å². The van der Waals surface area contributed by atoms with E-state index in [-0.39, 0.29) is 29.4 Å². The molecule has 146 valence electrons. The Bertz CT molecular complexity index is 947. The van der Waals surface area contributed by atoms with E-state index >= 15 is 0 Å². The molecule has 1 aliphatic rings. The molecule has 0 N–H and O–H groups in total. The molecular formula is C17H16F4N2O3S. The minimum Gasteiger partial charge on any atom is -0.473 e. The van der Waals surface area contributed by atoms with Gasteiger partial charge < -0.3 is 4.74 Å². The van der Waals surface area contributed by atoms with Crippen molar-refractivity contribution >= 4 is 10.0 Å². The Kier molecular flexibility index (Phi) is 5.13. The summed E-state index contributed by atoms with van der Waals surface area (Å²) in [4.78, 5) is 3.74. The third-order valence-corrected chi connectivity index (χ3v) is 6.24. The van der Waals surface area contributed by atoms with Gasteiger partial charge in [-0.15, -0.1) is 0 Å². The van der Waals surface area contributed by atoms with Gasteiger partial charge in [-0.05, 0) is 43.2 Å². The lowest BCUT2D eigenvalue weighted by molar-refractivity contribution is -0.137. The molecule has 0 aliphatic carbocycles.